The summed E-state index contributed by atoms with van der Waals surface area (Å²) in [4.78, 5) is 2.45. The number of rotatable bonds is 3. The van der Waals surface area contributed by atoms with Crippen molar-refractivity contribution in [1.82, 2.24) is 4.90 Å². The highest BCUT2D eigenvalue weighted by molar-refractivity contribution is 6.83. The maximum absolute atomic E-state index is 5.31. The van der Waals surface area contributed by atoms with Crippen molar-refractivity contribution in [2.45, 2.75) is 19.6 Å². The second kappa shape index (κ2) is 4.40. The van der Waals surface area contributed by atoms with Crippen molar-refractivity contribution in [2.75, 3.05) is 32.8 Å². The fourth-order valence-corrected chi connectivity index (χ4v) is 1.96. The Morgan fingerprint density at radius 2 is 1.85 bits per heavy atom. The molecule has 0 N–H and O–H groups in total. The molecule has 13 heavy (non-hydrogen) atoms. The van der Waals surface area contributed by atoms with E-state index in [0.717, 1.165) is 32.8 Å². The predicted molar refractivity (Wildman–Crippen MR) is 59.7 cm³/mol. The van der Waals surface area contributed by atoms with Crippen molar-refractivity contribution in [2.24, 2.45) is 0 Å². The second-order valence-corrected chi connectivity index (χ2v) is 9.95. The monoisotopic (exact) mass is 199 g/mol. The van der Waals surface area contributed by atoms with Gasteiger partial charge in [0.1, 0.15) is 0 Å². The van der Waals surface area contributed by atoms with Crippen LogP contribution in [0.15, 0.2) is 11.8 Å². The van der Waals surface area contributed by atoms with Crippen LogP contribution in [0, 0.1) is 0 Å². The highest BCUT2D eigenvalue weighted by Gasteiger charge is 2.20. The van der Waals surface area contributed by atoms with Gasteiger partial charge in [-0.3, -0.25) is 4.90 Å². The third-order valence-corrected chi connectivity index (χ3v) is 4.86. The predicted octanol–water partition coefficient (Wildman–Crippen LogP) is 1.75. The molecule has 0 aromatic rings. The first kappa shape index (κ1) is 11.0. The van der Waals surface area contributed by atoms with Crippen LogP contribution in [0.5, 0.6) is 0 Å². The van der Waals surface area contributed by atoms with Crippen molar-refractivity contribution in [1.29, 1.82) is 0 Å². The largest absolute Gasteiger partial charge is 0.379 e. The maximum atomic E-state index is 5.31. The van der Waals surface area contributed by atoms with Crippen LogP contribution in [0.1, 0.15) is 0 Å². The molecule has 0 radical (unpaired) electrons. The average molecular weight is 199 g/mol. The van der Waals surface area contributed by atoms with E-state index in [9.17, 15) is 0 Å². The normalized spacial score (nSPS) is 20.2. The van der Waals surface area contributed by atoms with Gasteiger partial charge in [-0.1, -0.05) is 24.8 Å². The second-order valence-electron chi connectivity index (χ2n) is 4.74. The third-order valence-electron chi connectivity index (χ3n) is 2.58. The summed E-state index contributed by atoms with van der Waals surface area (Å²) in [6.07, 6.45) is 0. The standard InChI is InChI=1S/C10H21NOSi/c1-10(13(2,3)4)9-11-5-7-12-8-6-11/h1,5-9H2,2-4H3. The highest BCUT2D eigenvalue weighted by atomic mass is 28.3. The number of morpholine rings is 1. The fourth-order valence-electron chi connectivity index (χ4n) is 1.27. The van der Waals surface area contributed by atoms with Crippen molar-refractivity contribution in [3.05, 3.63) is 11.8 Å². The van der Waals surface area contributed by atoms with E-state index in [1.807, 2.05) is 0 Å². The van der Waals surface area contributed by atoms with E-state index in [0.29, 0.717) is 0 Å². The van der Waals surface area contributed by atoms with Crippen molar-refractivity contribution < 1.29 is 4.74 Å². The van der Waals surface area contributed by atoms with Crippen LogP contribution in [0.4, 0.5) is 0 Å². The molecular formula is C10H21NOSi. The van der Waals surface area contributed by atoms with Crippen LogP contribution < -0.4 is 0 Å². The molecule has 0 bridgehead atoms. The summed E-state index contributed by atoms with van der Waals surface area (Å²) in [5, 5.41) is 1.45. The van der Waals surface area contributed by atoms with E-state index in [4.69, 9.17) is 4.74 Å². The van der Waals surface area contributed by atoms with Crippen molar-refractivity contribution in [3.63, 3.8) is 0 Å². The molecule has 2 nitrogen and oxygen atoms in total. The molecule has 3 heteroatoms. The lowest BCUT2D eigenvalue weighted by Crippen LogP contribution is -2.41. The summed E-state index contributed by atoms with van der Waals surface area (Å²) in [5.41, 5.74) is 0. The van der Waals surface area contributed by atoms with Gasteiger partial charge >= 0.3 is 0 Å². The Bertz CT molecular complexity index is 180. The zero-order valence-electron chi connectivity index (χ0n) is 9.10. The molecule has 0 saturated carbocycles. The van der Waals surface area contributed by atoms with Gasteiger partial charge in [0.2, 0.25) is 0 Å². The summed E-state index contributed by atoms with van der Waals surface area (Å²) >= 11 is 0. The summed E-state index contributed by atoms with van der Waals surface area (Å²) < 4.78 is 5.31. The van der Waals surface area contributed by atoms with Crippen LogP contribution >= 0.6 is 0 Å². The van der Waals surface area contributed by atoms with Gasteiger partial charge in [-0.2, -0.15) is 0 Å². The number of nitrogens with zero attached hydrogens (tertiary/aromatic N) is 1. The number of ether oxygens (including phenoxy) is 1. The Morgan fingerprint density at radius 1 is 1.31 bits per heavy atom. The molecule has 0 unspecified atom stereocenters. The molecule has 0 spiro atoms. The van der Waals surface area contributed by atoms with E-state index >= 15 is 0 Å². The lowest BCUT2D eigenvalue weighted by Gasteiger charge is -2.30. The van der Waals surface area contributed by atoms with Crippen LogP contribution in [-0.2, 0) is 4.74 Å². The van der Waals surface area contributed by atoms with E-state index in [1.54, 1.807) is 0 Å². The van der Waals surface area contributed by atoms with Gasteiger partial charge in [0.25, 0.3) is 0 Å². The minimum Gasteiger partial charge on any atom is -0.379 e. The fraction of sp³-hybridized carbons (Fsp3) is 0.800. The molecule has 0 aromatic carbocycles. The quantitative estimate of drug-likeness (QED) is 0.642. The van der Waals surface area contributed by atoms with Crippen molar-refractivity contribution in [3.8, 4) is 0 Å². The number of hydrogen-bond acceptors (Lipinski definition) is 2. The third kappa shape index (κ3) is 3.63. The van der Waals surface area contributed by atoms with E-state index in [-0.39, 0.29) is 0 Å². The average Bonchev–Trinajstić information content (AvgIpc) is 2.04. The van der Waals surface area contributed by atoms with Gasteiger partial charge in [-0.25, -0.2) is 0 Å². The first-order chi connectivity index (χ1) is 6.00. The van der Waals surface area contributed by atoms with E-state index in [2.05, 4.69) is 31.1 Å². The molecule has 1 aliphatic heterocycles. The summed E-state index contributed by atoms with van der Waals surface area (Å²) in [6.45, 7) is 16.3. The van der Waals surface area contributed by atoms with Crippen LogP contribution in [0.2, 0.25) is 19.6 Å². The molecule has 76 valence electrons. The van der Waals surface area contributed by atoms with Gasteiger partial charge in [-0.05, 0) is 0 Å². The molecule has 1 heterocycles. The Morgan fingerprint density at radius 3 is 2.31 bits per heavy atom. The Balaban J connectivity index is 2.35. The summed E-state index contributed by atoms with van der Waals surface area (Å²) in [7, 11) is -1.12. The lowest BCUT2D eigenvalue weighted by atomic mass is 10.4. The molecular weight excluding hydrogens is 178 g/mol. The Labute approximate surface area is 82.6 Å². The molecule has 1 rings (SSSR count). The number of hydrogen-bond donors (Lipinski definition) is 0. The Kier molecular flexibility index (Phi) is 3.70. The smallest absolute Gasteiger partial charge is 0.0733 e. The molecule has 0 aromatic heterocycles. The van der Waals surface area contributed by atoms with Gasteiger partial charge in [0.15, 0.2) is 0 Å². The highest BCUT2D eigenvalue weighted by Crippen LogP contribution is 2.14. The molecule has 0 aliphatic carbocycles. The maximum Gasteiger partial charge on any atom is 0.0733 e. The molecule has 0 amide bonds. The molecule has 1 fully saturated rings. The van der Waals surface area contributed by atoms with Gasteiger partial charge in [-0.15, -0.1) is 6.58 Å². The van der Waals surface area contributed by atoms with E-state index in [1.165, 1.54) is 5.20 Å². The van der Waals surface area contributed by atoms with Crippen molar-refractivity contribution >= 4 is 8.07 Å². The van der Waals surface area contributed by atoms with Crippen LogP contribution in [-0.4, -0.2) is 45.8 Å². The lowest BCUT2D eigenvalue weighted by molar-refractivity contribution is 0.0429. The SMILES string of the molecule is C=C(CN1CCOCC1)[Si](C)(C)C. The van der Waals surface area contributed by atoms with Gasteiger partial charge in [0, 0.05) is 19.6 Å². The first-order valence-electron chi connectivity index (χ1n) is 4.98. The van der Waals surface area contributed by atoms with E-state index < -0.39 is 8.07 Å². The molecule has 1 aliphatic rings. The van der Waals surface area contributed by atoms with Gasteiger partial charge in [0.05, 0.1) is 21.3 Å². The summed E-state index contributed by atoms with van der Waals surface area (Å²) in [5.74, 6) is 0. The summed E-state index contributed by atoms with van der Waals surface area (Å²) in [6, 6.07) is 0. The zero-order chi connectivity index (χ0) is 9.90. The Hall–Kier alpha value is -0.123. The molecule has 0 atom stereocenters. The van der Waals surface area contributed by atoms with Crippen LogP contribution in [0.3, 0.4) is 0 Å². The molecule has 1 saturated heterocycles. The van der Waals surface area contributed by atoms with Gasteiger partial charge < -0.3 is 4.74 Å². The van der Waals surface area contributed by atoms with Crippen LogP contribution in [0.25, 0.3) is 0 Å². The minimum atomic E-state index is -1.12. The first-order valence-corrected chi connectivity index (χ1v) is 8.48. The zero-order valence-corrected chi connectivity index (χ0v) is 10.1. The topological polar surface area (TPSA) is 12.5 Å². The minimum absolute atomic E-state index is 0.888.